The van der Waals surface area contributed by atoms with Crippen LogP contribution in [0, 0.1) is 17.0 Å². The molecule has 0 aliphatic carbocycles. The number of nitro benzene ring substituents is 1. The number of nitrogens with one attached hydrogen (secondary N) is 1. The van der Waals surface area contributed by atoms with Gasteiger partial charge in [0, 0.05) is 22.8 Å². The van der Waals surface area contributed by atoms with E-state index in [2.05, 4.69) is 10.3 Å². The molecule has 3 aromatic carbocycles. The van der Waals surface area contributed by atoms with Crippen molar-refractivity contribution in [1.82, 2.24) is 4.98 Å². The van der Waals surface area contributed by atoms with Gasteiger partial charge in [-0.25, -0.2) is 4.98 Å². The number of rotatable bonds is 4. The van der Waals surface area contributed by atoms with Gasteiger partial charge in [-0.15, -0.1) is 11.3 Å². The van der Waals surface area contributed by atoms with Crippen molar-refractivity contribution in [1.29, 1.82) is 0 Å². The number of aromatic nitrogens is 1. The lowest BCUT2D eigenvalue weighted by atomic mass is 10.1. The van der Waals surface area contributed by atoms with Crippen molar-refractivity contribution in [3.63, 3.8) is 0 Å². The van der Waals surface area contributed by atoms with Crippen molar-refractivity contribution in [2.45, 2.75) is 6.92 Å². The van der Waals surface area contributed by atoms with E-state index in [1.165, 1.54) is 18.2 Å². The monoisotopic (exact) mass is 423 g/mol. The summed E-state index contributed by atoms with van der Waals surface area (Å²) in [6.45, 7) is 1.59. The first-order valence-corrected chi connectivity index (χ1v) is 9.84. The summed E-state index contributed by atoms with van der Waals surface area (Å²) in [6.07, 6.45) is 0. The van der Waals surface area contributed by atoms with Gasteiger partial charge in [0.1, 0.15) is 5.01 Å². The van der Waals surface area contributed by atoms with Gasteiger partial charge in [0.15, 0.2) is 0 Å². The number of benzene rings is 3. The number of aryl methyl sites for hydroxylation is 1. The van der Waals surface area contributed by atoms with Crippen LogP contribution in [0.5, 0.6) is 0 Å². The molecule has 144 valence electrons. The van der Waals surface area contributed by atoms with Gasteiger partial charge in [-0.2, -0.15) is 0 Å². The van der Waals surface area contributed by atoms with Crippen LogP contribution in [0.25, 0.3) is 20.8 Å². The third-order valence-corrected chi connectivity index (χ3v) is 5.83. The smallest absolute Gasteiger partial charge is 0.272 e. The average molecular weight is 424 g/mol. The summed E-state index contributed by atoms with van der Waals surface area (Å²) in [7, 11) is 0. The lowest BCUT2D eigenvalue weighted by molar-refractivity contribution is -0.385. The minimum atomic E-state index is -0.477. The highest BCUT2D eigenvalue weighted by atomic mass is 35.5. The number of anilines is 1. The molecular formula is C21H14ClN3O3S. The van der Waals surface area contributed by atoms with Gasteiger partial charge in [0.2, 0.25) is 0 Å². The number of hydrogen-bond acceptors (Lipinski definition) is 5. The number of fused-ring (bicyclic) bond motifs is 1. The highest BCUT2D eigenvalue weighted by molar-refractivity contribution is 7.21. The summed E-state index contributed by atoms with van der Waals surface area (Å²) in [6, 6.07) is 17.4. The van der Waals surface area contributed by atoms with Crippen LogP contribution in [0.4, 0.5) is 11.4 Å². The van der Waals surface area contributed by atoms with Crippen molar-refractivity contribution >= 4 is 50.4 Å². The normalized spacial score (nSPS) is 10.8. The average Bonchev–Trinajstić information content (AvgIpc) is 3.13. The first-order valence-electron chi connectivity index (χ1n) is 8.64. The molecule has 0 radical (unpaired) electrons. The van der Waals surface area contributed by atoms with Crippen molar-refractivity contribution in [3.8, 4) is 10.6 Å². The minimum Gasteiger partial charge on any atom is -0.321 e. The molecule has 1 N–H and O–H groups in total. The Morgan fingerprint density at radius 2 is 1.93 bits per heavy atom. The van der Waals surface area contributed by atoms with E-state index < -0.39 is 10.8 Å². The van der Waals surface area contributed by atoms with Crippen molar-refractivity contribution in [2.24, 2.45) is 0 Å². The quantitative estimate of drug-likeness (QED) is 0.318. The molecule has 8 heteroatoms. The molecule has 0 saturated heterocycles. The number of halogens is 1. The first kappa shape index (κ1) is 19.0. The molecule has 29 heavy (non-hydrogen) atoms. The molecule has 1 aromatic heterocycles. The SMILES string of the molecule is Cc1cc(C(=O)Nc2cc(-c3nc4ccccc4s3)ccc2Cl)ccc1[N+](=O)[O-]. The van der Waals surface area contributed by atoms with Crippen LogP contribution in [-0.2, 0) is 0 Å². The van der Waals surface area contributed by atoms with Crippen LogP contribution >= 0.6 is 22.9 Å². The second kappa shape index (κ2) is 7.62. The number of amides is 1. The maximum atomic E-state index is 12.6. The molecule has 0 bridgehead atoms. The molecule has 4 rings (SSSR count). The number of hydrogen-bond donors (Lipinski definition) is 1. The molecule has 0 saturated carbocycles. The zero-order valence-electron chi connectivity index (χ0n) is 15.2. The Kier molecular flexibility index (Phi) is 5.00. The van der Waals surface area contributed by atoms with Gasteiger partial charge in [-0.1, -0.05) is 29.8 Å². The zero-order valence-corrected chi connectivity index (χ0v) is 16.8. The molecule has 0 fully saturated rings. The molecule has 4 aromatic rings. The van der Waals surface area contributed by atoms with Gasteiger partial charge < -0.3 is 5.32 Å². The molecule has 1 amide bonds. The van der Waals surface area contributed by atoms with Crippen LogP contribution in [-0.4, -0.2) is 15.8 Å². The van der Waals surface area contributed by atoms with E-state index in [4.69, 9.17) is 11.6 Å². The Morgan fingerprint density at radius 3 is 2.66 bits per heavy atom. The number of para-hydroxylation sites is 1. The highest BCUT2D eigenvalue weighted by Crippen LogP contribution is 2.34. The van der Waals surface area contributed by atoms with Crippen molar-refractivity contribution in [3.05, 3.63) is 86.9 Å². The summed E-state index contributed by atoms with van der Waals surface area (Å²) >= 11 is 7.83. The molecular weight excluding hydrogens is 410 g/mol. The first-order chi connectivity index (χ1) is 13.9. The summed E-state index contributed by atoms with van der Waals surface area (Å²) in [5.74, 6) is -0.397. The number of thiazole rings is 1. The van der Waals surface area contributed by atoms with Gasteiger partial charge >= 0.3 is 0 Å². The standard InChI is InChI=1S/C21H14ClN3O3S/c1-12-10-13(7-9-18(12)25(27)28)20(26)23-17-11-14(6-8-15(17)22)21-24-16-4-2-3-5-19(16)29-21/h2-11H,1H3,(H,23,26). The summed E-state index contributed by atoms with van der Waals surface area (Å²) < 4.78 is 1.07. The fourth-order valence-electron chi connectivity index (χ4n) is 2.95. The predicted molar refractivity (Wildman–Crippen MR) is 116 cm³/mol. The largest absolute Gasteiger partial charge is 0.321 e. The summed E-state index contributed by atoms with van der Waals surface area (Å²) in [4.78, 5) is 27.7. The maximum Gasteiger partial charge on any atom is 0.272 e. The number of nitrogens with zero attached hydrogens (tertiary/aromatic N) is 2. The van der Waals surface area contributed by atoms with Gasteiger partial charge in [0.25, 0.3) is 11.6 Å². The van der Waals surface area contributed by atoms with E-state index in [0.29, 0.717) is 21.8 Å². The molecule has 1 heterocycles. The molecule has 0 spiro atoms. The third kappa shape index (κ3) is 3.83. The number of carbonyl (C=O) groups is 1. The Balaban J connectivity index is 1.63. The van der Waals surface area contributed by atoms with E-state index in [1.807, 2.05) is 30.3 Å². The van der Waals surface area contributed by atoms with E-state index in [9.17, 15) is 14.9 Å². The third-order valence-electron chi connectivity index (χ3n) is 4.41. The van der Waals surface area contributed by atoms with Gasteiger partial charge in [-0.3, -0.25) is 14.9 Å². The van der Waals surface area contributed by atoms with Crippen LogP contribution in [0.3, 0.4) is 0 Å². The zero-order chi connectivity index (χ0) is 20.5. The lowest BCUT2D eigenvalue weighted by Crippen LogP contribution is -2.12. The van der Waals surface area contributed by atoms with Gasteiger partial charge in [0.05, 0.1) is 25.8 Å². The van der Waals surface area contributed by atoms with Crippen LogP contribution in [0.2, 0.25) is 5.02 Å². The predicted octanol–water partition coefficient (Wildman–Crippen LogP) is 6.09. The topological polar surface area (TPSA) is 85.1 Å². The maximum absolute atomic E-state index is 12.6. The second-order valence-electron chi connectivity index (χ2n) is 6.39. The van der Waals surface area contributed by atoms with Gasteiger partial charge in [-0.05, 0) is 43.3 Å². The number of nitro groups is 1. The highest BCUT2D eigenvalue weighted by Gasteiger charge is 2.16. The molecule has 0 aliphatic rings. The molecule has 6 nitrogen and oxygen atoms in total. The van der Waals surface area contributed by atoms with E-state index in [1.54, 1.807) is 30.4 Å². The van der Waals surface area contributed by atoms with E-state index >= 15 is 0 Å². The minimum absolute atomic E-state index is 0.0302. The summed E-state index contributed by atoms with van der Waals surface area (Å²) in [5, 5.41) is 15.0. The van der Waals surface area contributed by atoms with Crippen LogP contribution in [0.15, 0.2) is 60.7 Å². The Labute approximate surface area is 174 Å². The van der Waals surface area contributed by atoms with E-state index in [0.717, 1.165) is 20.8 Å². The fourth-order valence-corrected chi connectivity index (χ4v) is 4.07. The van der Waals surface area contributed by atoms with Crippen LogP contribution < -0.4 is 5.32 Å². The molecule has 0 unspecified atom stereocenters. The van der Waals surface area contributed by atoms with Crippen molar-refractivity contribution in [2.75, 3.05) is 5.32 Å². The van der Waals surface area contributed by atoms with Crippen LogP contribution in [0.1, 0.15) is 15.9 Å². The Hall–Kier alpha value is -3.29. The van der Waals surface area contributed by atoms with Crippen molar-refractivity contribution < 1.29 is 9.72 Å². The van der Waals surface area contributed by atoms with E-state index in [-0.39, 0.29) is 5.69 Å². The lowest BCUT2D eigenvalue weighted by Gasteiger charge is -2.09. The Bertz CT molecular complexity index is 1240. The second-order valence-corrected chi connectivity index (χ2v) is 7.83. The fraction of sp³-hybridized carbons (Fsp3) is 0.0476. The number of carbonyl (C=O) groups excluding carboxylic acids is 1. The molecule has 0 atom stereocenters. The molecule has 0 aliphatic heterocycles. The Morgan fingerprint density at radius 1 is 1.14 bits per heavy atom. The summed E-state index contributed by atoms with van der Waals surface area (Å²) in [5.41, 5.74) is 2.90.